The number of aryl methyl sites for hydroxylation is 1. The number of amides is 1. The van der Waals surface area contributed by atoms with Crippen LogP contribution in [0.1, 0.15) is 36.2 Å². The molecule has 1 atom stereocenters. The molecule has 16 heavy (non-hydrogen) atoms. The van der Waals surface area contributed by atoms with Crippen molar-refractivity contribution in [1.29, 1.82) is 0 Å². The topological polar surface area (TPSA) is 55.1 Å². The second-order valence-electron chi connectivity index (χ2n) is 5.31. The molecule has 3 heteroatoms. The van der Waals surface area contributed by atoms with Crippen molar-refractivity contribution >= 4 is 11.6 Å². The van der Waals surface area contributed by atoms with E-state index in [1.54, 1.807) is 6.07 Å². The Morgan fingerprint density at radius 3 is 2.62 bits per heavy atom. The smallest absolute Gasteiger partial charge is 0.253 e. The number of hydrogen-bond acceptors (Lipinski definition) is 2. The SMILES string of the molecule is Cc1ccc(C(=O)NC2CC2(C)C)c(N)c1. The Morgan fingerprint density at radius 1 is 1.50 bits per heavy atom. The lowest BCUT2D eigenvalue weighted by molar-refractivity contribution is 0.0947. The van der Waals surface area contributed by atoms with Gasteiger partial charge in [0.1, 0.15) is 0 Å². The van der Waals surface area contributed by atoms with Gasteiger partial charge in [0.05, 0.1) is 5.56 Å². The lowest BCUT2D eigenvalue weighted by Gasteiger charge is -2.09. The van der Waals surface area contributed by atoms with Crippen LogP contribution in [0.4, 0.5) is 5.69 Å². The summed E-state index contributed by atoms with van der Waals surface area (Å²) < 4.78 is 0. The maximum Gasteiger partial charge on any atom is 0.253 e. The minimum absolute atomic E-state index is 0.0620. The van der Waals surface area contributed by atoms with Gasteiger partial charge in [0, 0.05) is 11.7 Å². The van der Waals surface area contributed by atoms with Gasteiger partial charge in [-0.15, -0.1) is 0 Å². The summed E-state index contributed by atoms with van der Waals surface area (Å²) in [6.07, 6.45) is 1.05. The second-order valence-corrected chi connectivity index (χ2v) is 5.31. The number of nitrogens with one attached hydrogen (secondary N) is 1. The molecule has 3 N–H and O–H groups in total. The molecule has 0 radical (unpaired) electrons. The van der Waals surface area contributed by atoms with E-state index in [4.69, 9.17) is 5.73 Å². The molecule has 1 aliphatic carbocycles. The molecule has 1 aliphatic rings. The summed E-state index contributed by atoms with van der Waals surface area (Å²) in [5, 5.41) is 3.00. The summed E-state index contributed by atoms with van der Waals surface area (Å²) in [6, 6.07) is 5.81. The molecule has 0 bridgehead atoms. The zero-order valence-corrected chi connectivity index (χ0v) is 10.0. The molecule has 1 unspecified atom stereocenters. The van der Waals surface area contributed by atoms with Crippen LogP contribution in [0.15, 0.2) is 18.2 Å². The molecule has 1 aromatic carbocycles. The number of rotatable bonds is 2. The third-order valence-corrected chi connectivity index (χ3v) is 3.27. The molecule has 2 rings (SSSR count). The van der Waals surface area contributed by atoms with Crippen molar-refractivity contribution in [2.24, 2.45) is 5.41 Å². The molecule has 1 saturated carbocycles. The standard InChI is InChI=1S/C13H18N2O/c1-8-4-5-9(10(14)6-8)12(16)15-11-7-13(11,2)3/h4-6,11H,7,14H2,1-3H3,(H,15,16). The quantitative estimate of drug-likeness (QED) is 0.747. The van der Waals surface area contributed by atoms with Gasteiger partial charge >= 0.3 is 0 Å². The zero-order valence-electron chi connectivity index (χ0n) is 10.0. The average Bonchev–Trinajstić information content (AvgIpc) is 2.72. The van der Waals surface area contributed by atoms with E-state index in [1.165, 1.54) is 0 Å². The van der Waals surface area contributed by atoms with Crippen molar-refractivity contribution in [3.05, 3.63) is 29.3 Å². The van der Waals surface area contributed by atoms with Crippen LogP contribution in [-0.4, -0.2) is 11.9 Å². The van der Waals surface area contributed by atoms with Crippen molar-refractivity contribution in [2.75, 3.05) is 5.73 Å². The molecule has 3 nitrogen and oxygen atoms in total. The molecule has 0 aliphatic heterocycles. The van der Waals surface area contributed by atoms with Gasteiger partial charge in [-0.3, -0.25) is 4.79 Å². The van der Waals surface area contributed by atoms with Crippen LogP contribution < -0.4 is 11.1 Å². The fraction of sp³-hybridized carbons (Fsp3) is 0.462. The van der Waals surface area contributed by atoms with Crippen LogP contribution in [0.5, 0.6) is 0 Å². The third-order valence-electron chi connectivity index (χ3n) is 3.27. The van der Waals surface area contributed by atoms with Gasteiger partial charge in [-0.1, -0.05) is 19.9 Å². The van der Waals surface area contributed by atoms with Crippen LogP contribution in [0.2, 0.25) is 0 Å². The van der Waals surface area contributed by atoms with Gasteiger partial charge in [-0.2, -0.15) is 0 Å². The third kappa shape index (κ3) is 2.03. The van der Waals surface area contributed by atoms with Crippen LogP contribution in [0.25, 0.3) is 0 Å². The first-order valence-corrected chi connectivity index (χ1v) is 5.57. The minimum Gasteiger partial charge on any atom is -0.398 e. The minimum atomic E-state index is -0.0620. The predicted molar refractivity (Wildman–Crippen MR) is 65.2 cm³/mol. The molecule has 86 valence electrons. The number of benzene rings is 1. The molecule has 0 heterocycles. The Balaban J connectivity index is 2.10. The molecule has 1 aromatic rings. The van der Waals surface area contributed by atoms with Crippen molar-refractivity contribution in [2.45, 2.75) is 33.2 Å². The highest BCUT2D eigenvalue weighted by molar-refractivity contribution is 5.99. The number of hydrogen-bond donors (Lipinski definition) is 2. The first-order valence-electron chi connectivity index (χ1n) is 5.57. The van der Waals surface area contributed by atoms with Gasteiger partial charge in [-0.05, 0) is 36.5 Å². The number of anilines is 1. The highest BCUT2D eigenvalue weighted by atomic mass is 16.1. The van der Waals surface area contributed by atoms with Crippen LogP contribution in [0.3, 0.4) is 0 Å². The normalized spacial score (nSPS) is 21.6. The van der Waals surface area contributed by atoms with Gasteiger partial charge in [-0.25, -0.2) is 0 Å². The Kier molecular flexibility index (Phi) is 2.41. The maximum atomic E-state index is 11.9. The van der Waals surface area contributed by atoms with Gasteiger partial charge in [0.15, 0.2) is 0 Å². The highest BCUT2D eigenvalue weighted by Crippen LogP contribution is 2.44. The van der Waals surface area contributed by atoms with Crippen molar-refractivity contribution in [3.8, 4) is 0 Å². The summed E-state index contributed by atoms with van der Waals surface area (Å²) in [4.78, 5) is 11.9. The molecule has 1 amide bonds. The fourth-order valence-electron chi connectivity index (χ4n) is 1.84. The van der Waals surface area contributed by atoms with Crippen LogP contribution in [-0.2, 0) is 0 Å². The Morgan fingerprint density at radius 2 is 2.12 bits per heavy atom. The number of nitrogen functional groups attached to an aromatic ring is 1. The van der Waals surface area contributed by atoms with E-state index >= 15 is 0 Å². The predicted octanol–water partition coefficient (Wildman–Crippen LogP) is 2.11. The van der Waals surface area contributed by atoms with E-state index in [1.807, 2.05) is 19.1 Å². The Bertz CT molecular complexity index is 438. The van der Waals surface area contributed by atoms with Crippen molar-refractivity contribution in [3.63, 3.8) is 0 Å². The van der Waals surface area contributed by atoms with E-state index in [2.05, 4.69) is 19.2 Å². The van der Waals surface area contributed by atoms with Crippen molar-refractivity contribution in [1.82, 2.24) is 5.32 Å². The Labute approximate surface area is 96.0 Å². The molecule has 1 fully saturated rings. The van der Waals surface area contributed by atoms with Crippen LogP contribution in [0, 0.1) is 12.3 Å². The fourth-order valence-corrected chi connectivity index (χ4v) is 1.84. The first kappa shape index (κ1) is 11.0. The van der Waals surface area contributed by atoms with Crippen molar-refractivity contribution < 1.29 is 4.79 Å². The number of carbonyl (C=O) groups is 1. The number of nitrogens with two attached hydrogens (primary N) is 1. The molecular formula is C13H18N2O. The average molecular weight is 218 g/mol. The van der Waals surface area contributed by atoms with E-state index in [9.17, 15) is 4.79 Å². The summed E-state index contributed by atoms with van der Waals surface area (Å²) >= 11 is 0. The van der Waals surface area contributed by atoms with E-state index in [0.29, 0.717) is 17.3 Å². The lowest BCUT2D eigenvalue weighted by atomic mass is 10.1. The molecule has 0 aromatic heterocycles. The largest absolute Gasteiger partial charge is 0.398 e. The molecular weight excluding hydrogens is 200 g/mol. The van der Waals surface area contributed by atoms with Crippen LogP contribution >= 0.6 is 0 Å². The monoisotopic (exact) mass is 218 g/mol. The lowest BCUT2D eigenvalue weighted by Crippen LogP contribution is -2.29. The zero-order chi connectivity index (χ0) is 11.9. The summed E-state index contributed by atoms with van der Waals surface area (Å²) in [5.74, 6) is -0.0620. The second kappa shape index (κ2) is 3.51. The molecule has 0 spiro atoms. The highest BCUT2D eigenvalue weighted by Gasteiger charge is 2.46. The molecule has 0 saturated heterocycles. The van der Waals surface area contributed by atoms with E-state index in [-0.39, 0.29) is 11.3 Å². The number of carbonyl (C=O) groups excluding carboxylic acids is 1. The van der Waals surface area contributed by atoms with Gasteiger partial charge < -0.3 is 11.1 Å². The Hall–Kier alpha value is -1.51. The summed E-state index contributed by atoms with van der Waals surface area (Å²) in [5.41, 5.74) is 8.27. The summed E-state index contributed by atoms with van der Waals surface area (Å²) in [6.45, 7) is 6.26. The first-order chi connectivity index (χ1) is 7.40. The summed E-state index contributed by atoms with van der Waals surface area (Å²) in [7, 11) is 0. The van der Waals surface area contributed by atoms with E-state index < -0.39 is 0 Å². The maximum absolute atomic E-state index is 11.9. The van der Waals surface area contributed by atoms with E-state index in [0.717, 1.165) is 12.0 Å². The van der Waals surface area contributed by atoms with Gasteiger partial charge in [0.25, 0.3) is 5.91 Å². The van der Waals surface area contributed by atoms with Gasteiger partial charge in [0.2, 0.25) is 0 Å².